The second-order valence-corrected chi connectivity index (χ2v) is 6.71. The minimum Gasteiger partial charge on any atom is -0.355 e. The smallest absolute Gasteiger partial charge is 0.355 e. The SMILES string of the molecule is O=C(Cn1ccc2cccc(Nc3ccc4cn[nH]c4c3)c2c1=O)NCC(F)(F)F. The first kappa shape index (κ1) is 19.5. The van der Waals surface area contributed by atoms with Crippen LogP contribution in [0.1, 0.15) is 0 Å². The van der Waals surface area contributed by atoms with Gasteiger partial charge in [0.1, 0.15) is 13.1 Å². The second kappa shape index (κ2) is 7.54. The van der Waals surface area contributed by atoms with E-state index in [1.54, 1.807) is 35.8 Å². The molecule has 0 aliphatic rings. The quantitative estimate of drug-likeness (QED) is 0.466. The van der Waals surface area contributed by atoms with Crippen molar-refractivity contribution in [2.75, 3.05) is 11.9 Å². The van der Waals surface area contributed by atoms with Gasteiger partial charge in [0.15, 0.2) is 0 Å². The number of carbonyl (C=O) groups is 1. The van der Waals surface area contributed by atoms with E-state index in [1.807, 2.05) is 18.2 Å². The summed E-state index contributed by atoms with van der Waals surface area (Å²) in [5.74, 6) is -0.899. The Morgan fingerprint density at radius 2 is 1.97 bits per heavy atom. The van der Waals surface area contributed by atoms with Gasteiger partial charge in [-0.05, 0) is 35.7 Å². The Morgan fingerprint density at radius 3 is 2.77 bits per heavy atom. The molecule has 1 amide bonds. The Bertz CT molecular complexity index is 1290. The van der Waals surface area contributed by atoms with E-state index in [0.29, 0.717) is 16.5 Å². The van der Waals surface area contributed by atoms with E-state index in [0.717, 1.165) is 21.2 Å². The third kappa shape index (κ3) is 4.12. The third-order valence-electron chi connectivity index (χ3n) is 4.53. The van der Waals surface area contributed by atoms with Gasteiger partial charge in [0.25, 0.3) is 5.56 Å². The summed E-state index contributed by atoms with van der Waals surface area (Å²) in [4.78, 5) is 24.8. The fraction of sp³-hybridized carbons (Fsp3) is 0.150. The Hall–Kier alpha value is -3.82. The number of aromatic amines is 1. The first-order valence-electron chi connectivity index (χ1n) is 8.96. The average Bonchev–Trinajstić information content (AvgIpc) is 3.16. The Morgan fingerprint density at radius 1 is 1.13 bits per heavy atom. The molecule has 10 heteroatoms. The van der Waals surface area contributed by atoms with Crippen molar-refractivity contribution in [3.05, 3.63) is 65.2 Å². The molecule has 2 aromatic heterocycles. The molecule has 3 N–H and O–H groups in total. The van der Waals surface area contributed by atoms with Crippen molar-refractivity contribution < 1.29 is 18.0 Å². The van der Waals surface area contributed by atoms with E-state index >= 15 is 0 Å². The number of halogens is 3. The van der Waals surface area contributed by atoms with Crippen LogP contribution in [0.2, 0.25) is 0 Å². The minimum atomic E-state index is -4.52. The number of carbonyl (C=O) groups excluding carboxylic acids is 1. The van der Waals surface area contributed by atoms with Crippen LogP contribution in [0.5, 0.6) is 0 Å². The summed E-state index contributed by atoms with van der Waals surface area (Å²) in [5, 5.41) is 13.7. The molecular formula is C20H16F3N5O2. The largest absolute Gasteiger partial charge is 0.405 e. The standard InChI is InChI=1S/C20H16F3N5O2/c21-20(22,23)11-24-17(29)10-28-7-6-12-2-1-3-15(18(12)19(28)30)26-14-5-4-13-9-25-27-16(13)8-14/h1-9,26H,10-11H2,(H,24,29)(H,25,27). The van der Waals surface area contributed by atoms with E-state index in [9.17, 15) is 22.8 Å². The lowest BCUT2D eigenvalue weighted by atomic mass is 10.1. The molecule has 2 aromatic carbocycles. The highest BCUT2D eigenvalue weighted by molar-refractivity contribution is 5.95. The van der Waals surface area contributed by atoms with Crippen molar-refractivity contribution >= 4 is 39.0 Å². The van der Waals surface area contributed by atoms with Gasteiger partial charge in [0.2, 0.25) is 5.91 Å². The summed E-state index contributed by atoms with van der Waals surface area (Å²) in [6.45, 7) is -1.96. The lowest BCUT2D eigenvalue weighted by Gasteiger charge is -2.13. The molecule has 2 heterocycles. The molecule has 0 spiro atoms. The molecule has 0 aliphatic carbocycles. The summed E-state index contributed by atoms with van der Waals surface area (Å²) in [7, 11) is 0. The third-order valence-corrected chi connectivity index (χ3v) is 4.53. The van der Waals surface area contributed by atoms with Crippen LogP contribution in [0.3, 0.4) is 0 Å². The van der Waals surface area contributed by atoms with Gasteiger partial charge in [-0.2, -0.15) is 18.3 Å². The fourth-order valence-corrected chi connectivity index (χ4v) is 3.14. The Labute approximate surface area is 167 Å². The summed E-state index contributed by atoms with van der Waals surface area (Å²) in [5.41, 5.74) is 1.57. The maximum atomic E-state index is 13.0. The number of alkyl halides is 3. The molecular weight excluding hydrogens is 399 g/mol. The topological polar surface area (TPSA) is 91.8 Å². The van der Waals surface area contributed by atoms with Crippen molar-refractivity contribution in [1.82, 2.24) is 20.1 Å². The van der Waals surface area contributed by atoms with Crippen LogP contribution in [-0.2, 0) is 11.3 Å². The maximum Gasteiger partial charge on any atom is 0.405 e. The molecule has 30 heavy (non-hydrogen) atoms. The summed E-state index contributed by atoms with van der Waals surface area (Å²) in [6.07, 6.45) is -1.44. The molecule has 0 radical (unpaired) electrons. The number of rotatable bonds is 5. The Balaban J connectivity index is 1.65. The molecule has 0 saturated heterocycles. The molecule has 0 atom stereocenters. The molecule has 0 unspecified atom stereocenters. The van der Waals surface area contributed by atoms with E-state index in [-0.39, 0.29) is 0 Å². The van der Waals surface area contributed by atoms with Gasteiger partial charge < -0.3 is 15.2 Å². The molecule has 0 fully saturated rings. The number of amides is 1. The number of nitrogens with one attached hydrogen (secondary N) is 3. The van der Waals surface area contributed by atoms with E-state index < -0.39 is 30.7 Å². The molecule has 4 aromatic rings. The molecule has 0 aliphatic heterocycles. The van der Waals surface area contributed by atoms with Crippen LogP contribution < -0.4 is 16.2 Å². The minimum absolute atomic E-state index is 0.327. The zero-order valence-electron chi connectivity index (χ0n) is 15.5. The van der Waals surface area contributed by atoms with Crippen molar-refractivity contribution in [2.24, 2.45) is 0 Å². The normalized spacial score (nSPS) is 11.7. The highest BCUT2D eigenvalue weighted by atomic mass is 19.4. The first-order valence-corrected chi connectivity index (χ1v) is 8.96. The molecule has 154 valence electrons. The van der Waals surface area contributed by atoms with Gasteiger partial charge in [0.05, 0.1) is 22.8 Å². The first-order chi connectivity index (χ1) is 14.3. The molecule has 4 rings (SSSR count). The van der Waals surface area contributed by atoms with Gasteiger partial charge >= 0.3 is 6.18 Å². The number of benzene rings is 2. The molecule has 0 bridgehead atoms. The van der Waals surface area contributed by atoms with Gasteiger partial charge in [-0.15, -0.1) is 0 Å². The van der Waals surface area contributed by atoms with Gasteiger partial charge in [0, 0.05) is 17.3 Å². The van der Waals surface area contributed by atoms with Crippen molar-refractivity contribution in [2.45, 2.75) is 12.7 Å². The van der Waals surface area contributed by atoms with Crippen molar-refractivity contribution in [1.29, 1.82) is 0 Å². The summed E-state index contributed by atoms with van der Waals surface area (Å²) in [6, 6.07) is 12.4. The maximum absolute atomic E-state index is 13.0. The van der Waals surface area contributed by atoms with Crippen LogP contribution in [0, 0.1) is 0 Å². The number of hydrogen-bond acceptors (Lipinski definition) is 4. The zero-order valence-corrected chi connectivity index (χ0v) is 15.5. The van der Waals surface area contributed by atoms with Crippen molar-refractivity contribution in [3.63, 3.8) is 0 Å². The number of nitrogens with zero attached hydrogens (tertiary/aromatic N) is 2. The number of H-pyrrole nitrogens is 1. The van der Waals surface area contributed by atoms with E-state index in [2.05, 4.69) is 15.5 Å². The number of hydrogen-bond donors (Lipinski definition) is 3. The van der Waals surface area contributed by atoms with Crippen molar-refractivity contribution in [3.8, 4) is 0 Å². The van der Waals surface area contributed by atoms with Gasteiger partial charge in [-0.3, -0.25) is 14.7 Å². The summed E-state index contributed by atoms with van der Waals surface area (Å²) >= 11 is 0. The van der Waals surface area contributed by atoms with Crippen LogP contribution in [-0.4, -0.2) is 33.4 Å². The number of anilines is 2. The predicted octanol–water partition coefficient (Wildman–Crippen LogP) is 3.30. The number of fused-ring (bicyclic) bond motifs is 2. The number of aromatic nitrogens is 3. The highest BCUT2D eigenvalue weighted by Crippen LogP contribution is 2.25. The molecule has 7 nitrogen and oxygen atoms in total. The predicted molar refractivity (Wildman–Crippen MR) is 107 cm³/mol. The fourth-order valence-electron chi connectivity index (χ4n) is 3.14. The van der Waals surface area contributed by atoms with Gasteiger partial charge in [-0.1, -0.05) is 12.1 Å². The summed E-state index contributed by atoms with van der Waals surface area (Å²) < 4.78 is 37.9. The lowest BCUT2D eigenvalue weighted by molar-refractivity contribution is -0.138. The van der Waals surface area contributed by atoms with E-state index in [1.165, 1.54) is 6.20 Å². The second-order valence-electron chi connectivity index (χ2n) is 6.71. The molecule has 0 saturated carbocycles. The monoisotopic (exact) mass is 415 g/mol. The number of pyridine rings is 1. The highest BCUT2D eigenvalue weighted by Gasteiger charge is 2.27. The van der Waals surface area contributed by atoms with Crippen LogP contribution >= 0.6 is 0 Å². The lowest BCUT2D eigenvalue weighted by Crippen LogP contribution is -2.37. The van der Waals surface area contributed by atoms with E-state index in [4.69, 9.17) is 0 Å². The van der Waals surface area contributed by atoms with Gasteiger partial charge in [-0.25, -0.2) is 0 Å². The average molecular weight is 415 g/mol. The zero-order chi connectivity index (χ0) is 21.3. The van der Waals surface area contributed by atoms with Crippen LogP contribution in [0.15, 0.2) is 59.7 Å². The van der Waals surface area contributed by atoms with Crippen LogP contribution in [0.25, 0.3) is 21.7 Å². The Kier molecular flexibility index (Phi) is 4.90. The van der Waals surface area contributed by atoms with Crippen LogP contribution in [0.4, 0.5) is 24.5 Å².